The van der Waals surface area contributed by atoms with Crippen molar-refractivity contribution in [3.8, 4) is 0 Å². The molecule has 1 saturated carbocycles. The summed E-state index contributed by atoms with van der Waals surface area (Å²) in [4.78, 5) is 25.5. The lowest BCUT2D eigenvalue weighted by Gasteiger charge is -2.35. The second-order valence-corrected chi connectivity index (χ2v) is 8.79. The van der Waals surface area contributed by atoms with Gasteiger partial charge in [-0.15, -0.1) is 0 Å². The highest BCUT2D eigenvalue weighted by Gasteiger charge is 2.40. The minimum Gasteiger partial charge on any atom is -0.464 e. The van der Waals surface area contributed by atoms with Crippen LogP contribution >= 0.6 is 11.6 Å². The maximum Gasteiger partial charge on any atom is 0.416 e. The van der Waals surface area contributed by atoms with Crippen LogP contribution in [0.2, 0.25) is 5.02 Å². The molecule has 7 heteroatoms. The molecule has 0 aromatic heterocycles. The molecule has 0 atom stereocenters. The molecule has 0 amide bonds. The molecular formula is C25H26ClF3O3. The molecule has 3 nitrogen and oxygen atoms in total. The standard InChI is InChI=1S/C25H26ClF3O3/c26-21-7-3-2-6-19(21)10-13-22(30)24(14-4-1-5-15-24)17-32-23(31)16-18-8-11-20(12-9-18)25(27,28)29/h2-3,6-9,11-12H,1,4-5,10,13-17H2. The Hall–Kier alpha value is -2.34. The Bertz CT molecular complexity index is 932. The molecule has 0 aliphatic heterocycles. The minimum atomic E-state index is -4.42. The van der Waals surface area contributed by atoms with Gasteiger partial charge in [0.25, 0.3) is 0 Å². The van der Waals surface area contributed by atoms with Crippen LogP contribution in [0.4, 0.5) is 13.2 Å². The molecule has 1 fully saturated rings. The van der Waals surface area contributed by atoms with Gasteiger partial charge in [0.1, 0.15) is 12.4 Å². The zero-order valence-corrected chi connectivity index (χ0v) is 18.5. The SMILES string of the molecule is O=C(Cc1ccc(C(F)(F)F)cc1)OCC1(C(=O)CCc2ccccc2Cl)CCCCC1. The second kappa shape index (κ2) is 10.5. The summed E-state index contributed by atoms with van der Waals surface area (Å²) in [5.74, 6) is -0.479. The predicted molar refractivity (Wildman–Crippen MR) is 116 cm³/mol. The van der Waals surface area contributed by atoms with Crippen LogP contribution in [-0.2, 0) is 33.3 Å². The van der Waals surface area contributed by atoms with Gasteiger partial charge in [-0.1, -0.05) is 61.2 Å². The summed E-state index contributed by atoms with van der Waals surface area (Å²) in [5.41, 5.74) is -0.117. The van der Waals surface area contributed by atoms with E-state index in [1.165, 1.54) is 12.1 Å². The lowest BCUT2D eigenvalue weighted by atomic mass is 9.70. The number of hydrogen-bond acceptors (Lipinski definition) is 3. The van der Waals surface area contributed by atoms with Crippen LogP contribution in [0.1, 0.15) is 55.2 Å². The third-order valence-electron chi connectivity index (χ3n) is 6.12. The van der Waals surface area contributed by atoms with Gasteiger partial charge in [0.05, 0.1) is 17.4 Å². The van der Waals surface area contributed by atoms with Gasteiger partial charge in [0, 0.05) is 11.4 Å². The number of hydrogen-bond donors (Lipinski definition) is 0. The summed E-state index contributed by atoms with van der Waals surface area (Å²) < 4.78 is 43.5. The fourth-order valence-electron chi connectivity index (χ4n) is 4.19. The Labute approximate surface area is 190 Å². The van der Waals surface area contributed by atoms with E-state index in [2.05, 4.69) is 0 Å². The van der Waals surface area contributed by atoms with Crippen molar-refractivity contribution in [2.75, 3.05) is 6.61 Å². The van der Waals surface area contributed by atoms with E-state index < -0.39 is 23.1 Å². The third kappa shape index (κ3) is 6.35. The van der Waals surface area contributed by atoms with Crippen LogP contribution in [0.3, 0.4) is 0 Å². The Morgan fingerprint density at radius 3 is 2.25 bits per heavy atom. The number of carbonyl (C=O) groups is 2. The molecule has 0 spiro atoms. The molecule has 0 heterocycles. The van der Waals surface area contributed by atoms with E-state index >= 15 is 0 Å². The molecule has 0 N–H and O–H groups in total. The van der Waals surface area contributed by atoms with Crippen LogP contribution in [0.5, 0.6) is 0 Å². The van der Waals surface area contributed by atoms with Crippen molar-refractivity contribution in [2.45, 2.75) is 57.5 Å². The van der Waals surface area contributed by atoms with Gasteiger partial charge in [0.2, 0.25) is 0 Å². The largest absolute Gasteiger partial charge is 0.464 e. The van der Waals surface area contributed by atoms with E-state index in [1.54, 1.807) is 6.07 Å². The smallest absolute Gasteiger partial charge is 0.416 e. The fourth-order valence-corrected chi connectivity index (χ4v) is 4.42. The summed E-state index contributed by atoms with van der Waals surface area (Å²) in [5, 5.41) is 0.626. The summed E-state index contributed by atoms with van der Waals surface area (Å²) in [6.45, 7) is 0.00776. The number of ketones is 1. The Morgan fingerprint density at radius 1 is 0.969 bits per heavy atom. The van der Waals surface area contributed by atoms with Gasteiger partial charge in [-0.25, -0.2) is 0 Å². The number of benzene rings is 2. The van der Waals surface area contributed by atoms with Crippen LogP contribution < -0.4 is 0 Å². The van der Waals surface area contributed by atoms with E-state index in [9.17, 15) is 22.8 Å². The molecule has 0 bridgehead atoms. The number of carbonyl (C=O) groups excluding carboxylic acids is 2. The molecule has 0 radical (unpaired) electrons. The first kappa shape index (κ1) is 24.3. The van der Waals surface area contributed by atoms with Crippen molar-refractivity contribution in [1.29, 1.82) is 0 Å². The van der Waals surface area contributed by atoms with Gasteiger partial charge in [-0.2, -0.15) is 13.2 Å². The zero-order chi connectivity index (χ0) is 23.2. The van der Waals surface area contributed by atoms with E-state index in [4.69, 9.17) is 16.3 Å². The maximum atomic E-state index is 13.2. The van der Waals surface area contributed by atoms with Crippen LogP contribution in [0.15, 0.2) is 48.5 Å². The van der Waals surface area contributed by atoms with Crippen LogP contribution in [0, 0.1) is 5.41 Å². The van der Waals surface area contributed by atoms with Crippen molar-refractivity contribution in [2.24, 2.45) is 5.41 Å². The van der Waals surface area contributed by atoms with Gasteiger partial charge in [-0.05, 0) is 48.6 Å². The minimum absolute atomic E-state index is 0.00776. The molecule has 2 aromatic carbocycles. The first-order valence-corrected chi connectivity index (χ1v) is 11.2. The van der Waals surface area contributed by atoms with Crippen molar-refractivity contribution in [3.05, 3.63) is 70.2 Å². The maximum absolute atomic E-state index is 13.2. The molecule has 1 aliphatic rings. The summed E-state index contributed by atoms with van der Waals surface area (Å²) >= 11 is 6.20. The van der Waals surface area contributed by atoms with E-state index in [-0.39, 0.29) is 18.8 Å². The van der Waals surface area contributed by atoms with E-state index in [0.29, 0.717) is 36.3 Å². The van der Waals surface area contributed by atoms with Crippen LogP contribution in [0.25, 0.3) is 0 Å². The number of esters is 1. The van der Waals surface area contributed by atoms with Crippen molar-refractivity contribution >= 4 is 23.4 Å². The lowest BCUT2D eigenvalue weighted by molar-refractivity contribution is -0.151. The zero-order valence-electron chi connectivity index (χ0n) is 17.7. The monoisotopic (exact) mass is 466 g/mol. The van der Waals surface area contributed by atoms with Gasteiger partial charge in [-0.3, -0.25) is 9.59 Å². The number of Topliss-reactive ketones (excluding diaryl/α,β-unsaturated/α-hetero) is 1. The van der Waals surface area contributed by atoms with Gasteiger partial charge in [0.15, 0.2) is 0 Å². The topological polar surface area (TPSA) is 43.4 Å². The molecular weight excluding hydrogens is 441 g/mol. The summed E-state index contributed by atoms with van der Waals surface area (Å²) in [6.07, 6.45) is 0.462. The van der Waals surface area contributed by atoms with Crippen LogP contribution in [-0.4, -0.2) is 18.4 Å². The normalized spacial score (nSPS) is 15.9. The van der Waals surface area contributed by atoms with Crippen molar-refractivity contribution in [1.82, 2.24) is 0 Å². The molecule has 0 unspecified atom stereocenters. The molecule has 3 rings (SSSR count). The highest BCUT2D eigenvalue weighted by molar-refractivity contribution is 6.31. The number of rotatable bonds is 8. The lowest BCUT2D eigenvalue weighted by Crippen LogP contribution is -2.39. The Kier molecular flexibility index (Phi) is 7.99. The quantitative estimate of drug-likeness (QED) is 0.412. The first-order valence-electron chi connectivity index (χ1n) is 10.8. The Morgan fingerprint density at radius 2 is 1.62 bits per heavy atom. The molecule has 2 aromatic rings. The number of halogens is 4. The van der Waals surface area contributed by atoms with E-state index in [0.717, 1.165) is 37.0 Å². The molecule has 32 heavy (non-hydrogen) atoms. The summed E-state index contributed by atoms with van der Waals surface area (Å²) in [6, 6.07) is 11.9. The van der Waals surface area contributed by atoms with E-state index in [1.807, 2.05) is 18.2 Å². The Balaban J connectivity index is 1.59. The third-order valence-corrected chi connectivity index (χ3v) is 6.49. The highest BCUT2D eigenvalue weighted by atomic mass is 35.5. The fraction of sp³-hybridized carbons (Fsp3) is 0.440. The highest BCUT2D eigenvalue weighted by Crippen LogP contribution is 2.39. The van der Waals surface area contributed by atoms with Crippen molar-refractivity contribution < 1.29 is 27.5 Å². The average Bonchev–Trinajstić information content (AvgIpc) is 2.77. The first-order chi connectivity index (χ1) is 15.2. The summed E-state index contributed by atoms with van der Waals surface area (Å²) in [7, 11) is 0. The van der Waals surface area contributed by atoms with Gasteiger partial charge < -0.3 is 4.74 Å². The van der Waals surface area contributed by atoms with Crippen molar-refractivity contribution in [3.63, 3.8) is 0 Å². The predicted octanol–water partition coefficient (Wildman–Crippen LogP) is 6.60. The molecule has 172 valence electrons. The second-order valence-electron chi connectivity index (χ2n) is 8.39. The molecule has 1 aliphatic carbocycles. The number of aryl methyl sites for hydroxylation is 1. The number of alkyl halides is 3. The average molecular weight is 467 g/mol. The molecule has 0 saturated heterocycles. The van der Waals surface area contributed by atoms with Gasteiger partial charge >= 0.3 is 12.1 Å². The number of ether oxygens (including phenoxy) is 1.